The van der Waals surface area contributed by atoms with Crippen molar-refractivity contribution in [1.29, 1.82) is 0 Å². The highest BCUT2D eigenvalue weighted by molar-refractivity contribution is 6.30. The van der Waals surface area contributed by atoms with Crippen LogP contribution in [0.1, 0.15) is 0 Å². The summed E-state index contributed by atoms with van der Waals surface area (Å²) < 4.78 is 11.4. The molecule has 0 N–H and O–H groups in total. The summed E-state index contributed by atoms with van der Waals surface area (Å²) in [6, 6.07) is 7.24. The van der Waals surface area contributed by atoms with Crippen molar-refractivity contribution in [2.24, 2.45) is 0 Å². The number of benzene rings is 1. The smallest absolute Gasteiger partial charge is 0.332 e. The van der Waals surface area contributed by atoms with Crippen LogP contribution >= 0.6 is 11.6 Å². The van der Waals surface area contributed by atoms with Crippen molar-refractivity contribution < 1.29 is 14.3 Å². The number of carbonyl (C=O) groups is 1. The van der Waals surface area contributed by atoms with Gasteiger partial charge < -0.3 is 9.47 Å². The molecular formula is C14H12ClN3O3. The Morgan fingerprint density at radius 3 is 3.05 bits per heavy atom. The maximum Gasteiger partial charge on any atom is 0.332 e. The lowest BCUT2D eigenvalue weighted by Gasteiger charge is -2.24. The fraction of sp³-hybridized carbons (Fsp3) is 0.214. The normalized spacial score (nSPS) is 15.1. The molecule has 0 unspecified atom stereocenters. The van der Waals surface area contributed by atoms with Crippen LogP contribution in [0, 0.1) is 0 Å². The van der Waals surface area contributed by atoms with Crippen LogP contribution in [-0.4, -0.2) is 40.1 Å². The maximum atomic E-state index is 11.5. The third kappa shape index (κ3) is 3.48. The van der Waals surface area contributed by atoms with E-state index < -0.39 is 5.97 Å². The first-order valence-corrected chi connectivity index (χ1v) is 6.72. The molecule has 1 saturated heterocycles. The van der Waals surface area contributed by atoms with Gasteiger partial charge in [-0.3, -0.25) is 0 Å². The van der Waals surface area contributed by atoms with Crippen molar-refractivity contribution in [2.45, 2.75) is 6.10 Å². The number of aromatic nitrogens is 3. The van der Waals surface area contributed by atoms with Gasteiger partial charge in [-0.05, 0) is 12.1 Å². The fourth-order valence-electron chi connectivity index (χ4n) is 1.73. The van der Waals surface area contributed by atoms with Crippen molar-refractivity contribution in [3.05, 3.63) is 41.7 Å². The molecule has 2 heterocycles. The number of rotatable bonds is 4. The highest BCUT2D eigenvalue weighted by atomic mass is 35.5. The van der Waals surface area contributed by atoms with Gasteiger partial charge in [-0.25, -0.2) is 14.5 Å². The Bertz CT molecular complexity index is 680. The second-order valence-corrected chi connectivity index (χ2v) is 4.91. The van der Waals surface area contributed by atoms with Crippen LogP contribution < -0.4 is 0 Å². The zero-order chi connectivity index (χ0) is 14.7. The Labute approximate surface area is 126 Å². The van der Waals surface area contributed by atoms with E-state index in [2.05, 4.69) is 10.1 Å². The molecule has 1 aromatic heterocycles. The van der Waals surface area contributed by atoms with Crippen LogP contribution in [0.25, 0.3) is 17.6 Å². The summed E-state index contributed by atoms with van der Waals surface area (Å²) in [5, 5.41) is 4.85. The molecule has 0 radical (unpaired) electrons. The van der Waals surface area contributed by atoms with E-state index in [1.54, 1.807) is 12.1 Å². The highest BCUT2D eigenvalue weighted by Gasteiger charge is 2.21. The Morgan fingerprint density at radius 2 is 2.33 bits per heavy atom. The van der Waals surface area contributed by atoms with Crippen molar-refractivity contribution in [2.75, 3.05) is 13.2 Å². The number of hydrogen-bond acceptors (Lipinski definition) is 5. The molecule has 6 nitrogen and oxygen atoms in total. The van der Waals surface area contributed by atoms with Gasteiger partial charge in [0, 0.05) is 22.9 Å². The number of esters is 1. The van der Waals surface area contributed by atoms with Gasteiger partial charge >= 0.3 is 5.97 Å². The van der Waals surface area contributed by atoms with Gasteiger partial charge in [0.2, 0.25) is 0 Å². The van der Waals surface area contributed by atoms with Crippen LogP contribution in [0.2, 0.25) is 5.02 Å². The highest BCUT2D eigenvalue weighted by Crippen LogP contribution is 2.18. The van der Waals surface area contributed by atoms with Crippen LogP contribution in [0.3, 0.4) is 0 Å². The van der Waals surface area contributed by atoms with Crippen LogP contribution in [0.15, 0.2) is 36.7 Å². The minimum atomic E-state index is -0.428. The second-order valence-electron chi connectivity index (χ2n) is 4.47. The van der Waals surface area contributed by atoms with Crippen LogP contribution in [0.4, 0.5) is 0 Å². The summed E-state index contributed by atoms with van der Waals surface area (Å²) in [6.07, 6.45) is 4.16. The van der Waals surface area contributed by atoms with E-state index in [0.29, 0.717) is 24.1 Å². The average Bonchev–Trinajstić information content (AvgIpc) is 2.90. The number of halogens is 1. The Hall–Kier alpha value is -2.18. The molecule has 0 atom stereocenters. The van der Waals surface area contributed by atoms with Gasteiger partial charge in [0.1, 0.15) is 12.4 Å². The molecule has 2 aromatic rings. The summed E-state index contributed by atoms with van der Waals surface area (Å²) in [5.74, 6) is 0.103. The first kappa shape index (κ1) is 13.8. The predicted octanol–water partition coefficient (Wildman–Crippen LogP) is 2.01. The first-order valence-electron chi connectivity index (χ1n) is 6.34. The number of nitrogens with zero attached hydrogens (tertiary/aromatic N) is 3. The third-order valence-corrected chi connectivity index (χ3v) is 3.08. The Morgan fingerprint density at radius 1 is 1.48 bits per heavy atom. The second kappa shape index (κ2) is 6.07. The molecule has 1 aromatic carbocycles. The molecule has 0 spiro atoms. The summed E-state index contributed by atoms with van der Waals surface area (Å²) in [6.45, 7) is 0.920. The molecule has 1 aliphatic rings. The van der Waals surface area contributed by atoms with E-state index in [9.17, 15) is 4.79 Å². The van der Waals surface area contributed by atoms with Crippen molar-refractivity contribution in [1.82, 2.24) is 14.8 Å². The van der Waals surface area contributed by atoms with E-state index in [0.717, 1.165) is 5.56 Å². The van der Waals surface area contributed by atoms with Gasteiger partial charge in [-0.15, -0.1) is 5.10 Å². The van der Waals surface area contributed by atoms with E-state index in [1.807, 2.05) is 12.1 Å². The lowest BCUT2D eigenvalue weighted by atomic mass is 10.2. The first-order chi connectivity index (χ1) is 10.2. The molecule has 0 saturated carbocycles. The molecule has 108 valence electrons. The minimum absolute atomic E-state index is 0.139. The molecule has 0 bridgehead atoms. The van der Waals surface area contributed by atoms with Gasteiger partial charge in [-0.2, -0.15) is 0 Å². The number of carbonyl (C=O) groups excluding carboxylic acids is 1. The molecule has 7 heteroatoms. The quantitative estimate of drug-likeness (QED) is 0.638. The fourth-order valence-corrected chi connectivity index (χ4v) is 1.92. The van der Waals surface area contributed by atoms with Crippen molar-refractivity contribution in [3.63, 3.8) is 0 Å². The largest absolute Gasteiger partial charge is 0.454 e. The zero-order valence-corrected chi connectivity index (χ0v) is 11.7. The third-order valence-electron chi connectivity index (χ3n) is 2.84. The molecular weight excluding hydrogens is 294 g/mol. The van der Waals surface area contributed by atoms with Crippen molar-refractivity contribution >= 4 is 23.8 Å². The number of ether oxygens (including phenoxy) is 2. The SMILES string of the molecule is O=C(C=Cn1cnc(-c2cccc(Cl)c2)n1)OC1COC1. The lowest BCUT2D eigenvalue weighted by Crippen LogP contribution is -2.37. The lowest BCUT2D eigenvalue weighted by molar-refractivity contribution is -0.166. The Balaban J connectivity index is 1.65. The average molecular weight is 306 g/mol. The summed E-state index contributed by atoms with van der Waals surface area (Å²) in [4.78, 5) is 15.7. The Kier molecular flexibility index (Phi) is 3.98. The topological polar surface area (TPSA) is 66.2 Å². The maximum absolute atomic E-state index is 11.5. The molecule has 1 fully saturated rings. The monoisotopic (exact) mass is 305 g/mol. The molecule has 1 aliphatic heterocycles. The summed E-state index contributed by atoms with van der Waals surface area (Å²) in [5.41, 5.74) is 0.809. The van der Waals surface area contributed by atoms with Gasteiger partial charge in [0.05, 0.1) is 13.2 Å². The summed E-state index contributed by atoms with van der Waals surface area (Å²) in [7, 11) is 0. The van der Waals surface area contributed by atoms with E-state index in [-0.39, 0.29) is 6.10 Å². The zero-order valence-electron chi connectivity index (χ0n) is 11.0. The van der Waals surface area contributed by atoms with Gasteiger partial charge in [0.15, 0.2) is 5.82 Å². The van der Waals surface area contributed by atoms with Gasteiger partial charge in [-0.1, -0.05) is 23.7 Å². The van der Waals surface area contributed by atoms with E-state index >= 15 is 0 Å². The molecule has 21 heavy (non-hydrogen) atoms. The van der Waals surface area contributed by atoms with Crippen molar-refractivity contribution in [3.8, 4) is 11.4 Å². The number of hydrogen-bond donors (Lipinski definition) is 0. The minimum Gasteiger partial charge on any atom is -0.454 e. The molecule has 0 amide bonds. The van der Waals surface area contributed by atoms with Crippen LogP contribution in [-0.2, 0) is 14.3 Å². The van der Waals surface area contributed by atoms with Crippen LogP contribution in [0.5, 0.6) is 0 Å². The standard InChI is InChI=1S/C14H12ClN3O3/c15-11-3-1-2-10(6-11)14-16-9-18(17-14)5-4-13(19)21-12-7-20-8-12/h1-6,9,12H,7-8H2. The van der Waals surface area contributed by atoms with E-state index in [1.165, 1.54) is 23.3 Å². The summed E-state index contributed by atoms with van der Waals surface area (Å²) >= 11 is 5.92. The van der Waals surface area contributed by atoms with E-state index in [4.69, 9.17) is 21.1 Å². The molecule has 0 aliphatic carbocycles. The molecule has 3 rings (SSSR count). The van der Waals surface area contributed by atoms with Gasteiger partial charge in [0.25, 0.3) is 0 Å². The predicted molar refractivity (Wildman–Crippen MR) is 76.5 cm³/mol.